The van der Waals surface area contributed by atoms with E-state index in [2.05, 4.69) is 109 Å². The highest BCUT2D eigenvalue weighted by Gasteiger charge is 2.30. The first kappa shape index (κ1) is 27.3. The molecule has 0 saturated carbocycles. The molecule has 0 radical (unpaired) electrons. The van der Waals surface area contributed by atoms with Gasteiger partial charge in [-0.25, -0.2) is 0 Å². The molecule has 0 aliphatic rings. The van der Waals surface area contributed by atoms with Crippen molar-refractivity contribution in [2.24, 2.45) is 0 Å². The molecular formula is C32H32IO3S+. The van der Waals surface area contributed by atoms with Crippen LogP contribution in [0.1, 0.15) is 37.0 Å². The quantitative estimate of drug-likeness (QED) is 0.107. The first-order chi connectivity index (χ1) is 17.7. The lowest BCUT2D eigenvalue weighted by Gasteiger charge is -2.26. The van der Waals surface area contributed by atoms with Crippen molar-refractivity contribution < 1.29 is 14.3 Å². The fourth-order valence-electron chi connectivity index (χ4n) is 4.26. The fourth-order valence-corrected chi connectivity index (χ4v) is 6.88. The van der Waals surface area contributed by atoms with Crippen molar-refractivity contribution in [3.63, 3.8) is 0 Å². The Morgan fingerprint density at radius 2 is 1.30 bits per heavy atom. The second-order valence-electron chi connectivity index (χ2n) is 9.41. The molecule has 3 nitrogen and oxygen atoms in total. The predicted octanol–water partition coefficient (Wildman–Crippen LogP) is 8.25. The molecule has 4 aromatic carbocycles. The Hall–Kier alpha value is -2.77. The molecule has 0 aromatic heterocycles. The van der Waals surface area contributed by atoms with Gasteiger partial charge in [0.25, 0.3) is 0 Å². The molecule has 0 atom stereocenters. The Morgan fingerprint density at radius 3 is 1.81 bits per heavy atom. The molecule has 0 bridgehead atoms. The number of benzene rings is 4. The number of esters is 1. The Balaban J connectivity index is 1.46. The Bertz CT molecular complexity index is 1270. The summed E-state index contributed by atoms with van der Waals surface area (Å²) in [7, 11) is -0.218. The van der Waals surface area contributed by atoms with E-state index in [1.165, 1.54) is 14.7 Å². The molecule has 5 heteroatoms. The Kier molecular flexibility index (Phi) is 8.98. The number of carbonyl (C=O) groups excluding carboxylic acids is 1. The second kappa shape index (κ2) is 12.2. The topological polar surface area (TPSA) is 35.5 Å². The van der Waals surface area contributed by atoms with Crippen LogP contribution >= 0.6 is 22.6 Å². The first-order valence-corrected chi connectivity index (χ1v) is 14.6. The van der Waals surface area contributed by atoms with E-state index in [0.29, 0.717) is 0 Å². The zero-order chi connectivity index (χ0) is 26.4. The highest BCUT2D eigenvalue weighted by molar-refractivity contribution is 14.1. The van der Waals surface area contributed by atoms with Gasteiger partial charge in [0.05, 0.1) is 23.9 Å². The van der Waals surface area contributed by atoms with Crippen LogP contribution in [0.15, 0.2) is 112 Å². The van der Waals surface area contributed by atoms with Crippen LogP contribution in [0.5, 0.6) is 5.75 Å². The summed E-state index contributed by atoms with van der Waals surface area (Å²) in [5.74, 6) is 0.559. The van der Waals surface area contributed by atoms with Crippen LogP contribution in [0.3, 0.4) is 0 Å². The van der Waals surface area contributed by atoms with E-state index in [4.69, 9.17) is 9.47 Å². The van der Waals surface area contributed by atoms with Gasteiger partial charge < -0.3 is 9.47 Å². The van der Waals surface area contributed by atoms with Crippen molar-refractivity contribution in [3.8, 4) is 5.75 Å². The van der Waals surface area contributed by atoms with E-state index in [1.807, 2.05) is 38.1 Å². The maximum absolute atomic E-state index is 12.6. The Labute approximate surface area is 236 Å². The van der Waals surface area contributed by atoms with E-state index in [1.54, 1.807) is 0 Å². The molecule has 0 saturated heterocycles. The van der Waals surface area contributed by atoms with Crippen LogP contribution < -0.4 is 4.74 Å². The summed E-state index contributed by atoms with van der Waals surface area (Å²) in [4.78, 5) is 16.4. The van der Waals surface area contributed by atoms with Gasteiger partial charge in [-0.2, -0.15) is 0 Å². The van der Waals surface area contributed by atoms with E-state index >= 15 is 0 Å². The van der Waals surface area contributed by atoms with Gasteiger partial charge in [-0.05, 0) is 103 Å². The minimum atomic E-state index is -0.695. The van der Waals surface area contributed by atoms with Crippen LogP contribution in [-0.4, -0.2) is 12.6 Å². The van der Waals surface area contributed by atoms with Gasteiger partial charge in [0.1, 0.15) is 11.4 Å². The van der Waals surface area contributed by atoms with Crippen LogP contribution in [0.4, 0.5) is 0 Å². The molecule has 0 unspecified atom stereocenters. The van der Waals surface area contributed by atoms with Crippen LogP contribution in [0, 0.1) is 17.4 Å². The van der Waals surface area contributed by atoms with E-state index < -0.39 is 5.60 Å². The Morgan fingerprint density at radius 1 is 0.784 bits per heavy atom. The van der Waals surface area contributed by atoms with Crippen molar-refractivity contribution in [1.82, 2.24) is 0 Å². The van der Waals surface area contributed by atoms with Crippen LogP contribution in [-0.2, 0) is 26.0 Å². The first-order valence-electron chi connectivity index (χ1n) is 12.3. The molecule has 0 aliphatic carbocycles. The van der Waals surface area contributed by atoms with Crippen molar-refractivity contribution in [3.05, 3.63) is 117 Å². The summed E-state index contributed by atoms with van der Waals surface area (Å²) < 4.78 is 13.1. The summed E-state index contributed by atoms with van der Waals surface area (Å²) in [6.07, 6.45) is 0.187. The SMILES string of the molecule is Cc1cc([S+](c2ccccc2)c2ccccc2)cc(C)c1OCCC(=O)OC(C)(C)c1ccc(I)cc1. The maximum Gasteiger partial charge on any atom is 0.310 e. The molecule has 0 heterocycles. The molecule has 0 fully saturated rings. The minimum Gasteiger partial charge on any atom is -0.492 e. The lowest BCUT2D eigenvalue weighted by Crippen LogP contribution is -2.26. The number of halogens is 1. The van der Waals surface area contributed by atoms with E-state index in [0.717, 1.165) is 26.0 Å². The van der Waals surface area contributed by atoms with Gasteiger partial charge in [0.15, 0.2) is 14.7 Å². The maximum atomic E-state index is 12.6. The monoisotopic (exact) mass is 623 g/mol. The smallest absolute Gasteiger partial charge is 0.310 e. The van der Waals surface area contributed by atoms with Gasteiger partial charge in [-0.1, -0.05) is 48.5 Å². The normalized spacial score (nSPS) is 11.4. The van der Waals surface area contributed by atoms with E-state index in [-0.39, 0.29) is 29.9 Å². The molecular weight excluding hydrogens is 591 g/mol. The lowest BCUT2D eigenvalue weighted by atomic mass is 9.98. The summed E-state index contributed by atoms with van der Waals surface area (Å²) in [5.41, 5.74) is 2.40. The van der Waals surface area contributed by atoms with Crippen molar-refractivity contribution in [1.29, 1.82) is 0 Å². The number of ether oxygens (including phenoxy) is 2. The lowest BCUT2D eigenvalue weighted by molar-refractivity contribution is -0.158. The zero-order valence-corrected chi connectivity index (χ0v) is 24.6. The van der Waals surface area contributed by atoms with Crippen LogP contribution in [0.2, 0.25) is 0 Å². The van der Waals surface area contributed by atoms with E-state index in [9.17, 15) is 4.79 Å². The minimum absolute atomic E-state index is 0.187. The molecule has 0 amide bonds. The number of hydrogen-bond donors (Lipinski definition) is 0. The third-order valence-electron chi connectivity index (χ3n) is 6.09. The van der Waals surface area contributed by atoms with Crippen molar-refractivity contribution in [2.75, 3.05) is 6.61 Å². The summed E-state index contributed by atoms with van der Waals surface area (Å²) in [6, 6.07) is 33.7. The van der Waals surface area contributed by atoms with Crippen molar-refractivity contribution >= 4 is 39.5 Å². The number of aryl methyl sites for hydroxylation is 2. The molecule has 4 rings (SSSR count). The average molecular weight is 624 g/mol. The number of hydrogen-bond acceptors (Lipinski definition) is 3. The highest BCUT2D eigenvalue weighted by Crippen LogP contribution is 2.35. The summed E-state index contributed by atoms with van der Waals surface area (Å²) >= 11 is 2.27. The molecule has 0 spiro atoms. The molecule has 190 valence electrons. The second-order valence-corrected chi connectivity index (χ2v) is 12.7. The van der Waals surface area contributed by atoms with Gasteiger partial charge in [-0.3, -0.25) is 4.79 Å². The third-order valence-corrected chi connectivity index (χ3v) is 9.00. The third kappa shape index (κ3) is 6.96. The molecule has 37 heavy (non-hydrogen) atoms. The number of rotatable bonds is 9. The molecule has 4 aromatic rings. The average Bonchev–Trinajstić information content (AvgIpc) is 2.87. The van der Waals surface area contributed by atoms with Gasteiger partial charge in [0.2, 0.25) is 0 Å². The number of carbonyl (C=O) groups is 1. The van der Waals surface area contributed by atoms with Gasteiger partial charge in [0, 0.05) is 15.7 Å². The highest BCUT2D eigenvalue weighted by atomic mass is 127. The molecule has 0 N–H and O–H groups in total. The standard InChI is InChI=1S/C32H32IO3S/c1-23-21-29(37(27-11-7-5-8-12-27)28-13-9-6-10-14-28)22-24(2)31(23)35-20-19-30(34)36-32(3,4)25-15-17-26(33)18-16-25/h5-18,21-22H,19-20H2,1-4H3/q+1. The van der Waals surface area contributed by atoms with Crippen molar-refractivity contribution in [2.45, 2.75) is 54.4 Å². The zero-order valence-electron chi connectivity index (χ0n) is 21.7. The summed E-state index contributed by atoms with van der Waals surface area (Å²) in [5, 5.41) is 0. The largest absolute Gasteiger partial charge is 0.492 e. The summed E-state index contributed by atoms with van der Waals surface area (Å²) in [6.45, 7) is 8.24. The van der Waals surface area contributed by atoms with Gasteiger partial charge in [-0.15, -0.1) is 0 Å². The van der Waals surface area contributed by atoms with Crippen LogP contribution in [0.25, 0.3) is 0 Å². The fraction of sp³-hybridized carbons (Fsp3) is 0.219. The molecule has 0 aliphatic heterocycles. The predicted molar refractivity (Wildman–Crippen MR) is 159 cm³/mol. The van der Waals surface area contributed by atoms with Gasteiger partial charge >= 0.3 is 5.97 Å².